The fourth-order valence-corrected chi connectivity index (χ4v) is 11.4. The minimum absolute atomic E-state index is 0.188. The van der Waals surface area contributed by atoms with Gasteiger partial charge in [0, 0.05) is 25.7 Å². The highest BCUT2D eigenvalue weighted by Crippen LogP contribution is 2.45. The predicted octanol–water partition coefficient (Wildman–Crippen LogP) is 17.6. The Hall–Kier alpha value is -6.04. The lowest BCUT2D eigenvalue weighted by atomic mass is 9.79. The molecule has 88 heavy (non-hydrogen) atoms. The van der Waals surface area contributed by atoms with Gasteiger partial charge in [0.1, 0.15) is 23.0 Å². The predicted molar refractivity (Wildman–Crippen MR) is 354 cm³/mol. The molecule has 12 heteroatoms. The van der Waals surface area contributed by atoms with Crippen molar-refractivity contribution in [3.63, 3.8) is 0 Å². The van der Waals surface area contributed by atoms with Gasteiger partial charge < -0.3 is 37.9 Å². The molecule has 0 aliphatic heterocycles. The van der Waals surface area contributed by atoms with Crippen LogP contribution in [0.2, 0.25) is 0 Å². The van der Waals surface area contributed by atoms with Gasteiger partial charge in [-0.1, -0.05) is 235 Å². The molecule has 8 bridgehead atoms. The van der Waals surface area contributed by atoms with Gasteiger partial charge in [0.05, 0.1) is 26.4 Å². The van der Waals surface area contributed by atoms with Crippen molar-refractivity contribution in [3.8, 4) is 23.0 Å². The Kier molecular flexibility index (Phi) is 28.8. The van der Waals surface area contributed by atoms with E-state index in [0.29, 0.717) is 29.6 Å². The van der Waals surface area contributed by atoms with Crippen LogP contribution in [0.1, 0.15) is 280 Å². The van der Waals surface area contributed by atoms with Crippen molar-refractivity contribution in [2.24, 2.45) is 0 Å². The lowest BCUT2D eigenvalue weighted by molar-refractivity contribution is -0.146. The number of fused-ring (bicyclic) bond motifs is 8. The molecule has 0 unspecified atom stereocenters. The third-order valence-corrected chi connectivity index (χ3v) is 16.5. The van der Waals surface area contributed by atoms with Crippen molar-refractivity contribution in [1.82, 2.24) is 0 Å². The molecular formula is C76H112O12. The van der Waals surface area contributed by atoms with Gasteiger partial charge in [0.15, 0.2) is 26.4 Å². The van der Waals surface area contributed by atoms with Crippen molar-refractivity contribution in [1.29, 1.82) is 0 Å². The summed E-state index contributed by atoms with van der Waals surface area (Å²) in [5.74, 6) is 0.0616. The first-order chi connectivity index (χ1) is 41.7. The van der Waals surface area contributed by atoms with E-state index in [1.165, 1.54) is 83.5 Å². The molecule has 1 aliphatic rings. The Morgan fingerprint density at radius 1 is 0.295 bits per heavy atom. The zero-order valence-corrected chi connectivity index (χ0v) is 57.3. The molecule has 0 atom stereocenters. The van der Waals surface area contributed by atoms with Crippen LogP contribution in [0.15, 0.2) is 48.5 Å². The van der Waals surface area contributed by atoms with E-state index < -0.39 is 23.9 Å². The average Bonchev–Trinajstić information content (AvgIpc) is 2.05. The Morgan fingerprint density at radius 3 is 0.682 bits per heavy atom. The van der Waals surface area contributed by atoms with E-state index in [0.717, 1.165) is 86.0 Å². The molecule has 0 fully saturated rings. The van der Waals surface area contributed by atoms with E-state index in [4.69, 9.17) is 37.9 Å². The van der Waals surface area contributed by atoms with E-state index in [1.807, 2.05) is 0 Å². The SMILES string of the molecule is CCCCCCCCCCCCCCCCCCOC(=O)COc1c2cc(C(C)(C)C)cc1Cc1cc(C(C)(C)C)cc(c1OCC(=O)OCC)Cc1cc(C(C)(C)C)cc(c1OCC(=O)OCC)Cc1cc(C(C)(C)C)cc(c1OCC(=O)OCC)C2. The summed E-state index contributed by atoms with van der Waals surface area (Å²) >= 11 is 0. The maximum absolute atomic E-state index is 14.0. The summed E-state index contributed by atoms with van der Waals surface area (Å²) < 4.78 is 49.5. The monoisotopic (exact) mass is 1220 g/mol. The Balaban J connectivity index is 1.68. The van der Waals surface area contributed by atoms with Crippen molar-refractivity contribution >= 4 is 23.9 Å². The number of benzene rings is 4. The van der Waals surface area contributed by atoms with Gasteiger partial charge in [-0.25, -0.2) is 19.2 Å². The Labute approximate surface area is 530 Å². The molecule has 0 saturated carbocycles. The second-order valence-electron chi connectivity index (χ2n) is 28.3. The highest BCUT2D eigenvalue weighted by atomic mass is 16.6. The van der Waals surface area contributed by atoms with Crippen LogP contribution < -0.4 is 18.9 Å². The summed E-state index contributed by atoms with van der Waals surface area (Å²) in [6.07, 6.45) is 21.2. The van der Waals surface area contributed by atoms with Gasteiger partial charge in [-0.05, 0) is 116 Å². The van der Waals surface area contributed by atoms with E-state index in [2.05, 4.69) is 139 Å². The quantitative estimate of drug-likeness (QED) is 0.0230. The standard InChI is InChI=1S/C76H112O12/c1-17-21-22-23-24-25-26-27-28-29-30-31-32-33-34-35-36-84-68(80)52-88-72-59-39-57-45-62(74(8,9)10)43-55(70(57)86-50-66(78)82-19-3)37-53-41-61(73(5,6)7)42-54(69(53)85-49-65(77)81-18-2)38-56-44-63(75(11,12)13)46-58(71(56)87-51-67(79)83-20-4)40-60(72)48-64(47-59)76(14,15)16/h41-48H,17-40,49-52H2,1-16H3. The van der Waals surface area contributed by atoms with Crippen molar-refractivity contribution in [2.45, 2.75) is 261 Å². The molecule has 0 amide bonds. The molecule has 4 aromatic rings. The Bertz CT molecular complexity index is 2750. The van der Waals surface area contributed by atoms with Crippen molar-refractivity contribution in [2.75, 3.05) is 52.9 Å². The first-order valence-electron chi connectivity index (χ1n) is 33.4. The summed E-state index contributed by atoms with van der Waals surface area (Å²) in [6, 6.07) is 17.2. The van der Waals surface area contributed by atoms with Crippen LogP contribution in [0.5, 0.6) is 23.0 Å². The summed E-state index contributed by atoms with van der Waals surface area (Å²) in [5.41, 5.74) is 9.06. The number of hydrogen-bond donors (Lipinski definition) is 0. The highest BCUT2D eigenvalue weighted by Gasteiger charge is 2.31. The van der Waals surface area contributed by atoms with Crippen LogP contribution in [0, 0.1) is 0 Å². The van der Waals surface area contributed by atoms with Gasteiger partial charge in [0.2, 0.25) is 0 Å². The van der Waals surface area contributed by atoms with Crippen LogP contribution in [0.3, 0.4) is 0 Å². The number of hydrogen-bond acceptors (Lipinski definition) is 12. The van der Waals surface area contributed by atoms with Crippen molar-refractivity contribution in [3.05, 3.63) is 115 Å². The highest BCUT2D eigenvalue weighted by molar-refractivity contribution is 5.73. The Morgan fingerprint density at radius 2 is 0.489 bits per heavy atom. The number of unbranched alkanes of at least 4 members (excludes halogenated alkanes) is 15. The molecule has 0 heterocycles. The fraction of sp³-hybridized carbons (Fsp3) is 0.632. The van der Waals surface area contributed by atoms with E-state index in [9.17, 15) is 19.2 Å². The molecule has 4 aromatic carbocycles. The number of carbonyl (C=O) groups is 4. The molecule has 12 nitrogen and oxygen atoms in total. The molecule has 0 N–H and O–H groups in total. The molecular weight excluding hydrogens is 1100 g/mol. The maximum atomic E-state index is 14.0. The van der Waals surface area contributed by atoms with Crippen molar-refractivity contribution < 1.29 is 57.1 Å². The lowest BCUT2D eigenvalue weighted by Crippen LogP contribution is -2.21. The van der Waals surface area contributed by atoms with Gasteiger partial charge in [-0.3, -0.25) is 0 Å². The van der Waals surface area contributed by atoms with Gasteiger partial charge >= 0.3 is 23.9 Å². The normalized spacial score (nSPS) is 12.7. The molecule has 5 rings (SSSR count). The van der Waals surface area contributed by atoms with E-state index in [1.54, 1.807) is 20.8 Å². The van der Waals surface area contributed by atoms with Crippen LogP contribution in [-0.2, 0) is 85.5 Å². The van der Waals surface area contributed by atoms with Crippen LogP contribution in [0.4, 0.5) is 0 Å². The summed E-state index contributed by atoms with van der Waals surface area (Å²) in [5, 5.41) is 0. The first-order valence-corrected chi connectivity index (χ1v) is 33.4. The van der Waals surface area contributed by atoms with E-state index >= 15 is 0 Å². The van der Waals surface area contributed by atoms with E-state index in [-0.39, 0.29) is 93.6 Å². The fourth-order valence-electron chi connectivity index (χ4n) is 11.4. The lowest BCUT2D eigenvalue weighted by Gasteiger charge is -2.29. The first kappa shape index (κ1) is 72.7. The van der Waals surface area contributed by atoms with Crippen LogP contribution >= 0.6 is 0 Å². The maximum Gasteiger partial charge on any atom is 0.344 e. The van der Waals surface area contributed by atoms with Crippen LogP contribution in [0.25, 0.3) is 0 Å². The molecule has 0 aromatic heterocycles. The molecule has 0 saturated heterocycles. The van der Waals surface area contributed by atoms with Gasteiger partial charge in [-0.2, -0.15) is 0 Å². The largest absolute Gasteiger partial charge is 0.481 e. The third-order valence-electron chi connectivity index (χ3n) is 16.5. The van der Waals surface area contributed by atoms with Crippen LogP contribution in [-0.4, -0.2) is 76.7 Å². The zero-order valence-electron chi connectivity index (χ0n) is 57.3. The number of carbonyl (C=O) groups excluding carboxylic acids is 4. The van der Waals surface area contributed by atoms with Gasteiger partial charge in [0.25, 0.3) is 0 Å². The molecule has 488 valence electrons. The summed E-state index contributed by atoms with van der Waals surface area (Å²) in [7, 11) is 0. The summed E-state index contributed by atoms with van der Waals surface area (Å²) in [4.78, 5) is 54.1. The summed E-state index contributed by atoms with van der Waals surface area (Å²) in [6.45, 7) is 33.2. The molecule has 0 radical (unpaired) electrons. The zero-order chi connectivity index (χ0) is 64.7. The second-order valence-corrected chi connectivity index (χ2v) is 28.3. The average molecular weight is 1220 g/mol. The molecule has 0 spiro atoms. The minimum atomic E-state index is -0.509. The second kappa shape index (κ2) is 34.8. The molecule has 1 aliphatic carbocycles. The number of ether oxygens (including phenoxy) is 8. The minimum Gasteiger partial charge on any atom is -0.481 e. The smallest absolute Gasteiger partial charge is 0.344 e. The number of esters is 4. The number of rotatable bonds is 32. The topological polar surface area (TPSA) is 142 Å². The van der Waals surface area contributed by atoms with Gasteiger partial charge in [-0.15, -0.1) is 0 Å². The third kappa shape index (κ3) is 23.4.